The van der Waals surface area contributed by atoms with Gasteiger partial charge in [-0.3, -0.25) is 4.98 Å². The Balaban J connectivity index is 2.96. The average molecular weight is 175 g/mol. The number of aromatic nitrogens is 1. The summed E-state index contributed by atoms with van der Waals surface area (Å²) in [6, 6.07) is 1.99. The van der Waals surface area contributed by atoms with Crippen LogP contribution in [0.2, 0.25) is 0 Å². The maximum Gasteiger partial charge on any atom is 0.107 e. The molecular weight excluding hydrogens is 162 g/mol. The van der Waals surface area contributed by atoms with Crippen LogP contribution in [0.3, 0.4) is 0 Å². The van der Waals surface area contributed by atoms with Gasteiger partial charge in [0, 0.05) is 12.6 Å². The summed E-state index contributed by atoms with van der Waals surface area (Å²) in [5.41, 5.74) is 2.76. The van der Waals surface area contributed by atoms with Gasteiger partial charge in [-0.25, -0.2) is 0 Å². The van der Waals surface area contributed by atoms with Crippen LogP contribution < -0.4 is 0 Å². The Labute approximate surface area is 78.6 Å². The highest BCUT2D eigenvalue weighted by molar-refractivity contribution is 5.25. The molecule has 1 aromatic heterocycles. The second kappa shape index (κ2) is 4.06. The second-order valence-electron chi connectivity index (χ2n) is 3.14. The van der Waals surface area contributed by atoms with Gasteiger partial charge in [-0.2, -0.15) is 0 Å². The van der Waals surface area contributed by atoms with Crippen molar-refractivity contribution in [2.75, 3.05) is 0 Å². The van der Waals surface area contributed by atoms with E-state index in [2.05, 4.69) is 10.9 Å². The molecule has 0 aliphatic heterocycles. The minimum absolute atomic E-state index is 0.316. The molecule has 1 N–H and O–H groups in total. The van der Waals surface area contributed by atoms with Crippen LogP contribution in [0.5, 0.6) is 0 Å². The fourth-order valence-electron chi connectivity index (χ4n) is 1.28. The number of hydrogen-bond donors (Lipinski definition) is 1. The van der Waals surface area contributed by atoms with Crippen molar-refractivity contribution in [3.05, 3.63) is 29.1 Å². The van der Waals surface area contributed by atoms with E-state index < -0.39 is 6.10 Å². The van der Waals surface area contributed by atoms with Crippen LogP contribution in [0, 0.1) is 26.2 Å². The van der Waals surface area contributed by atoms with E-state index in [0.717, 1.165) is 11.1 Å². The summed E-state index contributed by atoms with van der Waals surface area (Å²) in [4.78, 5) is 4.15. The van der Waals surface area contributed by atoms with Crippen LogP contribution in [-0.4, -0.2) is 10.1 Å². The van der Waals surface area contributed by atoms with Gasteiger partial charge in [0.05, 0.1) is 5.69 Å². The van der Waals surface area contributed by atoms with Crippen molar-refractivity contribution in [1.29, 1.82) is 0 Å². The largest absolute Gasteiger partial charge is 0.386 e. The second-order valence-corrected chi connectivity index (χ2v) is 3.14. The number of rotatable bonds is 2. The molecule has 1 atom stereocenters. The van der Waals surface area contributed by atoms with Crippen LogP contribution in [0.25, 0.3) is 0 Å². The zero-order valence-corrected chi connectivity index (χ0v) is 7.91. The number of pyridine rings is 1. The molecule has 13 heavy (non-hydrogen) atoms. The Morgan fingerprint density at radius 3 is 2.85 bits per heavy atom. The number of terminal acetylenes is 1. The summed E-state index contributed by atoms with van der Waals surface area (Å²) in [6.07, 6.45) is 6.53. The van der Waals surface area contributed by atoms with Gasteiger partial charge in [-0.15, -0.1) is 12.3 Å². The first-order chi connectivity index (χ1) is 6.15. The average Bonchev–Trinajstić information content (AvgIpc) is 2.04. The zero-order chi connectivity index (χ0) is 9.84. The van der Waals surface area contributed by atoms with Crippen molar-refractivity contribution in [3.63, 3.8) is 0 Å². The van der Waals surface area contributed by atoms with E-state index in [1.807, 2.05) is 19.9 Å². The Morgan fingerprint density at radius 2 is 2.31 bits per heavy atom. The molecule has 1 rings (SSSR count). The summed E-state index contributed by atoms with van der Waals surface area (Å²) in [5, 5.41) is 9.59. The molecule has 0 amide bonds. The van der Waals surface area contributed by atoms with Gasteiger partial charge in [0.25, 0.3) is 0 Å². The highest BCUT2D eigenvalue weighted by atomic mass is 16.3. The highest BCUT2D eigenvalue weighted by Gasteiger charge is 2.09. The first-order valence-corrected chi connectivity index (χ1v) is 4.20. The van der Waals surface area contributed by atoms with Crippen LogP contribution in [0.4, 0.5) is 0 Å². The molecule has 0 aliphatic carbocycles. The van der Waals surface area contributed by atoms with Crippen molar-refractivity contribution in [2.45, 2.75) is 26.4 Å². The highest BCUT2D eigenvalue weighted by Crippen LogP contribution is 2.17. The van der Waals surface area contributed by atoms with Gasteiger partial charge in [0.1, 0.15) is 6.10 Å². The predicted molar refractivity (Wildman–Crippen MR) is 52.1 cm³/mol. The molecule has 0 aliphatic rings. The molecule has 1 heterocycles. The Kier molecular flexibility index (Phi) is 3.05. The molecule has 0 radical (unpaired) electrons. The topological polar surface area (TPSA) is 33.1 Å². The number of nitrogens with zero attached hydrogens (tertiary/aromatic N) is 1. The summed E-state index contributed by atoms with van der Waals surface area (Å²) in [7, 11) is 0. The molecule has 1 unspecified atom stereocenters. The van der Waals surface area contributed by atoms with Gasteiger partial charge in [0.2, 0.25) is 0 Å². The zero-order valence-electron chi connectivity index (χ0n) is 7.91. The van der Waals surface area contributed by atoms with E-state index >= 15 is 0 Å². The summed E-state index contributed by atoms with van der Waals surface area (Å²) >= 11 is 0. The summed E-state index contributed by atoms with van der Waals surface area (Å²) in [6.45, 7) is 3.90. The van der Waals surface area contributed by atoms with E-state index in [9.17, 15) is 5.11 Å². The first-order valence-electron chi connectivity index (χ1n) is 4.20. The monoisotopic (exact) mass is 175 g/mol. The molecule has 2 nitrogen and oxygen atoms in total. The SMILES string of the molecule is C#CCC(O)c1ncc(C)cc1C. The van der Waals surface area contributed by atoms with Gasteiger partial charge >= 0.3 is 0 Å². The number of aliphatic hydroxyl groups is 1. The van der Waals surface area contributed by atoms with Crippen molar-refractivity contribution in [1.82, 2.24) is 4.98 Å². The molecule has 0 spiro atoms. The van der Waals surface area contributed by atoms with Crippen LogP contribution in [0.15, 0.2) is 12.3 Å². The predicted octanol–water partition coefficient (Wildman–Crippen LogP) is 1.76. The van der Waals surface area contributed by atoms with Gasteiger partial charge in [0.15, 0.2) is 0 Å². The van der Waals surface area contributed by atoms with Crippen molar-refractivity contribution in [3.8, 4) is 12.3 Å². The maximum atomic E-state index is 9.59. The first kappa shape index (κ1) is 9.76. The van der Waals surface area contributed by atoms with E-state index in [4.69, 9.17) is 6.42 Å². The van der Waals surface area contributed by atoms with Crippen LogP contribution >= 0.6 is 0 Å². The Bertz CT molecular complexity index is 338. The lowest BCUT2D eigenvalue weighted by molar-refractivity contribution is 0.178. The standard InChI is InChI=1S/C11H13NO/c1-4-5-10(13)11-9(3)6-8(2)7-12-11/h1,6-7,10,13H,5H2,2-3H3. The van der Waals surface area contributed by atoms with Crippen LogP contribution in [-0.2, 0) is 0 Å². The smallest absolute Gasteiger partial charge is 0.107 e. The van der Waals surface area contributed by atoms with Crippen LogP contribution in [0.1, 0.15) is 29.3 Å². The van der Waals surface area contributed by atoms with Crippen molar-refractivity contribution >= 4 is 0 Å². The molecule has 1 aromatic rings. The van der Waals surface area contributed by atoms with Crippen molar-refractivity contribution in [2.24, 2.45) is 0 Å². The van der Waals surface area contributed by atoms with E-state index in [1.54, 1.807) is 6.20 Å². The lowest BCUT2D eigenvalue weighted by Gasteiger charge is -2.09. The normalized spacial score (nSPS) is 12.2. The minimum Gasteiger partial charge on any atom is -0.386 e. The number of aryl methyl sites for hydroxylation is 2. The number of aliphatic hydroxyl groups excluding tert-OH is 1. The van der Waals surface area contributed by atoms with Crippen molar-refractivity contribution < 1.29 is 5.11 Å². The molecule has 0 bridgehead atoms. The third-order valence-electron chi connectivity index (χ3n) is 1.88. The maximum absolute atomic E-state index is 9.59. The molecule has 0 fully saturated rings. The fourth-order valence-corrected chi connectivity index (χ4v) is 1.28. The Morgan fingerprint density at radius 1 is 1.62 bits per heavy atom. The van der Waals surface area contributed by atoms with E-state index in [-0.39, 0.29) is 0 Å². The number of hydrogen-bond acceptors (Lipinski definition) is 2. The third kappa shape index (κ3) is 2.30. The van der Waals surface area contributed by atoms with Gasteiger partial charge in [-0.05, 0) is 25.0 Å². The summed E-state index contributed by atoms with van der Waals surface area (Å²) < 4.78 is 0. The Hall–Kier alpha value is -1.33. The minimum atomic E-state index is -0.634. The molecule has 0 saturated heterocycles. The van der Waals surface area contributed by atoms with Gasteiger partial charge in [-0.1, -0.05) is 6.07 Å². The van der Waals surface area contributed by atoms with Gasteiger partial charge < -0.3 is 5.11 Å². The molecule has 68 valence electrons. The lowest BCUT2D eigenvalue weighted by Crippen LogP contribution is -2.02. The van der Waals surface area contributed by atoms with E-state index in [1.165, 1.54) is 0 Å². The fraction of sp³-hybridized carbons (Fsp3) is 0.364. The quantitative estimate of drug-likeness (QED) is 0.695. The molecule has 2 heteroatoms. The third-order valence-corrected chi connectivity index (χ3v) is 1.88. The summed E-state index contributed by atoms with van der Waals surface area (Å²) in [5.74, 6) is 2.42. The molecular formula is C11H13NO. The van der Waals surface area contributed by atoms with E-state index in [0.29, 0.717) is 12.1 Å². The molecule has 0 saturated carbocycles. The lowest BCUT2D eigenvalue weighted by atomic mass is 10.1. The molecule has 0 aromatic carbocycles.